The van der Waals surface area contributed by atoms with Crippen LogP contribution in [0.15, 0.2) is 23.2 Å². The molecule has 0 aromatic heterocycles. The third-order valence-corrected chi connectivity index (χ3v) is 1.21. The van der Waals surface area contributed by atoms with Crippen LogP contribution in [0.5, 0.6) is 0 Å². The highest BCUT2D eigenvalue weighted by atomic mass is 35.5. The fraction of sp³-hybridized carbons (Fsp3) is 0.143. The summed E-state index contributed by atoms with van der Waals surface area (Å²) in [5.74, 6) is -0.768. The highest BCUT2D eigenvalue weighted by Crippen LogP contribution is 1.78. The summed E-state index contributed by atoms with van der Waals surface area (Å²) < 4.78 is 0. The lowest BCUT2D eigenvalue weighted by Crippen LogP contribution is -2.35. The van der Waals surface area contributed by atoms with Crippen LogP contribution in [0.25, 0.3) is 0 Å². The van der Waals surface area contributed by atoms with Crippen molar-refractivity contribution < 1.29 is 9.59 Å². The van der Waals surface area contributed by atoms with Gasteiger partial charge in [0.1, 0.15) is 0 Å². The maximum absolute atomic E-state index is 10.7. The molecule has 0 aliphatic carbocycles. The van der Waals surface area contributed by atoms with Crippen molar-refractivity contribution in [2.75, 3.05) is 6.67 Å². The minimum Gasteiger partial charge on any atom is -0.335 e. The molecular formula is C7H8Cl2N2O2. The lowest BCUT2D eigenvalue weighted by atomic mass is 10.5. The maximum atomic E-state index is 10.7. The fourth-order valence-electron chi connectivity index (χ4n) is 0.451. The molecule has 0 aromatic carbocycles. The Balaban J connectivity index is 3.56. The third-order valence-electron chi connectivity index (χ3n) is 0.954. The molecule has 72 valence electrons. The minimum absolute atomic E-state index is 0.0279. The van der Waals surface area contributed by atoms with Crippen LogP contribution >= 0.6 is 23.2 Å². The molecule has 0 saturated carbocycles. The van der Waals surface area contributed by atoms with E-state index in [9.17, 15) is 9.59 Å². The summed E-state index contributed by atoms with van der Waals surface area (Å²) in [6.45, 7) is 0.0279. The van der Waals surface area contributed by atoms with Gasteiger partial charge >= 0.3 is 0 Å². The summed E-state index contributed by atoms with van der Waals surface area (Å²) in [6.07, 6.45) is 2.26. The van der Waals surface area contributed by atoms with Gasteiger partial charge in [-0.05, 0) is 0 Å². The van der Waals surface area contributed by atoms with Crippen LogP contribution in [0.2, 0.25) is 0 Å². The van der Waals surface area contributed by atoms with Gasteiger partial charge in [0.05, 0.1) is 6.67 Å². The number of carbonyl (C=O) groups excluding carboxylic acids is 2. The molecule has 0 atom stereocenters. The van der Waals surface area contributed by atoms with E-state index in [4.69, 9.17) is 23.2 Å². The molecule has 0 spiro atoms. The van der Waals surface area contributed by atoms with Gasteiger partial charge in [0, 0.05) is 23.2 Å². The molecule has 0 unspecified atom stereocenters. The van der Waals surface area contributed by atoms with Crippen LogP contribution in [-0.4, -0.2) is 18.5 Å². The molecule has 0 rings (SSSR count). The topological polar surface area (TPSA) is 58.2 Å². The van der Waals surface area contributed by atoms with Gasteiger partial charge in [-0.3, -0.25) is 9.59 Å². The summed E-state index contributed by atoms with van der Waals surface area (Å²) in [5, 5.41) is 4.71. The van der Waals surface area contributed by atoms with Crippen molar-refractivity contribution in [1.82, 2.24) is 10.6 Å². The predicted molar refractivity (Wildman–Crippen MR) is 51.1 cm³/mol. The molecule has 0 fully saturated rings. The summed E-state index contributed by atoms with van der Waals surface area (Å²) in [4.78, 5) is 21.4. The average Bonchev–Trinajstić information content (AvgIpc) is 2.05. The van der Waals surface area contributed by atoms with Gasteiger partial charge < -0.3 is 10.6 Å². The van der Waals surface area contributed by atoms with Crippen molar-refractivity contribution >= 4 is 35.0 Å². The first kappa shape index (κ1) is 12.0. The van der Waals surface area contributed by atoms with Crippen LogP contribution in [0, 0.1) is 0 Å². The van der Waals surface area contributed by atoms with E-state index in [2.05, 4.69) is 10.6 Å². The van der Waals surface area contributed by atoms with E-state index in [1.807, 2.05) is 0 Å². The van der Waals surface area contributed by atoms with Crippen molar-refractivity contribution in [3.05, 3.63) is 23.2 Å². The number of amides is 2. The minimum atomic E-state index is -0.384. The van der Waals surface area contributed by atoms with Crippen molar-refractivity contribution in [2.45, 2.75) is 0 Å². The van der Waals surface area contributed by atoms with Gasteiger partial charge in [-0.15, -0.1) is 0 Å². The van der Waals surface area contributed by atoms with E-state index in [1.165, 1.54) is 0 Å². The first-order valence-electron chi connectivity index (χ1n) is 3.30. The Kier molecular flexibility index (Phi) is 7.05. The second kappa shape index (κ2) is 7.64. The Labute approximate surface area is 85.6 Å². The molecule has 13 heavy (non-hydrogen) atoms. The van der Waals surface area contributed by atoms with E-state index in [0.29, 0.717) is 0 Å². The molecule has 6 heteroatoms. The van der Waals surface area contributed by atoms with E-state index in [-0.39, 0.29) is 18.5 Å². The molecule has 0 radical (unpaired) electrons. The Morgan fingerprint density at radius 1 is 1.00 bits per heavy atom. The van der Waals surface area contributed by atoms with Gasteiger partial charge in [-0.1, -0.05) is 23.2 Å². The number of hydrogen-bond donors (Lipinski definition) is 2. The van der Waals surface area contributed by atoms with Crippen molar-refractivity contribution in [3.8, 4) is 0 Å². The normalized spacial score (nSPS) is 10.6. The first-order chi connectivity index (χ1) is 6.20. The molecule has 0 aromatic rings. The van der Waals surface area contributed by atoms with Gasteiger partial charge in [0.25, 0.3) is 0 Å². The zero-order valence-electron chi connectivity index (χ0n) is 6.59. The molecule has 4 nitrogen and oxygen atoms in total. The average molecular weight is 223 g/mol. The molecule has 0 aliphatic rings. The van der Waals surface area contributed by atoms with Crippen LogP contribution in [0.4, 0.5) is 0 Å². The van der Waals surface area contributed by atoms with Crippen LogP contribution < -0.4 is 10.6 Å². The summed E-state index contributed by atoms with van der Waals surface area (Å²) in [6, 6.07) is 0. The highest BCUT2D eigenvalue weighted by Gasteiger charge is 1.95. The first-order valence-corrected chi connectivity index (χ1v) is 4.17. The van der Waals surface area contributed by atoms with E-state index < -0.39 is 0 Å². The van der Waals surface area contributed by atoms with Gasteiger partial charge in [0.15, 0.2) is 0 Å². The second-order valence-electron chi connectivity index (χ2n) is 1.84. The highest BCUT2D eigenvalue weighted by molar-refractivity contribution is 6.27. The Morgan fingerprint density at radius 2 is 1.38 bits per heavy atom. The summed E-state index contributed by atoms with van der Waals surface area (Å²) in [5.41, 5.74) is 2.16. The largest absolute Gasteiger partial charge is 0.335 e. The van der Waals surface area contributed by atoms with Crippen LogP contribution in [0.3, 0.4) is 0 Å². The number of halogens is 2. The van der Waals surface area contributed by atoms with Gasteiger partial charge in [0.2, 0.25) is 11.8 Å². The van der Waals surface area contributed by atoms with Gasteiger partial charge in [-0.25, -0.2) is 0 Å². The van der Waals surface area contributed by atoms with E-state index in [1.54, 1.807) is 0 Å². The van der Waals surface area contributed by atoms with Crippen molar-refractivity contribution in [3.63, 3.8) is 0 Å². The maximum Gasteiger partial charge on any atom is 0.246 e. The van der Waals surface area contributed by atoms with Gasteiger partial charge in [-0.2, -0.15) is 0 Å². The second-order valence-corrected chi connectivity index (χ2v) is 2.35. The van der Waals surface area contributed by atoms with Crippen molar-refractivity contribution in [1.29, 1.82) is 0 Å². The van der Waals surface area contributed by atoms with Crippen molar-refractivity contribution in [2.24, 2.45) is 0 Å². The zero-order valence-corrected chi connectivity index (χ0v) is 8.10. The Hall–Kier alpha value is -1.00. The molecule has 0 aliphatic heterocycles. The molecule has 0 heterocycles. The summed E-state index contributed by atoms with van der Waals surface area (Å²) in [7, 11) is 0. The molecular weight excluding hydrogens is 215 g/mol. The standard InChI is InChI=1S/C7H8Cl2N2O2/c8-3-1-6(12)10-5-11-7(13)2-4-9/h1-4H,5H2,(H,10,12)(H,11,13)/b3-1-,4-2-. The fourth-order valence-corrected chi connectivity index (χ4v) is 0.680. The molecule has 0 bridgehead atoms. The van der Waals surface area contributed by atoms with Crippen LogP contribution in [0.1, 0.15) is 0 Å². The summed E-state index contributed by atoms with van der Waals surface area (Å²) >= 11 is 10.3. The quantitative estimate of drug-likeness (QED) is 0.543. The zero-order chi connectivity index (χ0) is 10.1. The smallest absolute Gasteiger partial charge is 0.246 e. The SMILES string of the molecule is O=C(/C=C\Cl)NCNC(=O)/C=C\Cl. The number of carbonyl (C=O) groups is 2. The van der Waals surface area contributed by atoms with Crippen LogP contribution in [-0.2, 0) is 9.59 Å². The third kappa shape index (κ3) is 7.36. The Morgan fingerprint density at radius 3 is 1.69 bits per heavy atom. The number of hydrogen-bond acceptors (Lipinski definition) is 2. The number of rotatable bonds is 4. The lowest BCUT2D eigenvalue weighted by Gasteiger charge is -2.01. The number of nitrogens with one attached hydrogen (secondary N) is 2. The predicted octanol–water partition coefficient (Wildman–Crippen LogP) is 0.681. The molecule has 2 N–H and O–H groups in total. The Bertz CT molecular complexity index is 215. The van der Waals surface area contributed by atoms with E-state index in [0.717, 1.165) is 23.2 Å². The molecule has 2 amide bonds. The monoisotopic (exact) mass is 222 g/mol. The van der Waals surface area contributed by atoms with E-state index >= 15 is 0 Å². The lowest BCUT2D eigenvalue weighted by molar-refractivity contribution is -0.118. The molecule has 0 saturated heterocycles.